The van der Waals surface area contributed by atoms with Crippen molar-refractivity contribution in [3.63, 3.8) is 0 Å². The third kappa shape index (κ3) is 7.59. The molecule has 0 aromatic rings. The highest BCUT2D eigenvalue weighted by Gasteiger charge is 2.19. The zero-order valence-corrected chi connectivity index (χ0v) is 8.85. The third-order valence-electron chi connectivity index (χ3n) is 1.64. The largest absolute Gasteiger partial charge is 0.465 e. The molecule has 0 saturated heterocycles. The first-order valence-corrected chi connectivity index (χ1v) is 4.49. The molecule has 0 bridgehead atoms. The van der Waals surface area contributed by atoms with Gasteiger partial charge in [-0.2, -0.15) is 0 Å². The Bertz CT molecular complexity index is 163. The van der Waals surface area contributed by atoms with Gasteiger partial charge in [0.2, 0.25) is 0 Å². The van der Waals surface area contributed by atoms with Crippen molar-refractivity contribution in [2.45, 2.75) is 33.2 Å². The predicted octanol–water partition coefficient (Wildman–Crippen LogP) is 1.28. The Morgan fingerprint density at radius 3 is 2.31 bits per heavy atom. The van der Waals surface area contributed by atoms with Crippen LogP contribution in [0.25, 0.3) is 0 Å². The lowest BCUT2D eigenvalue weighted by Crippen LogP contribution is -2.42. The molecule has 0 saturated carbocycles. The maximum absolute atomic E-state index is 10.4. The van der Waals surface area contributed by atoms with Gasteiger partial charge < -0.3 is 15.7 Å². The van der Waals surface area contributed by atoms with Gasteiger partial charge in [0.05, 0.1) is 0 Å². The number of hydrogen-bond donors (Lipinski definition) is 3. The number of rotatable bonds is 4. The molecule has 0 aromatic carbocycles. The molecule has 0 rings (SSSR count). The summed E-state index contributed by atoms with van der Waals surface area (Å²) < 4.78 is 0. The molecule has 0 aliphatic carbocycles. The quantitative estimate of drug-likeness (QED) is 0.622. The minimum absolute atomic E-state index is 0.0116. The van der Waals surface area contributed by atoms with E-state index in [2.05, 4.69) is 31.4 Å². The summed E-state index contributed by atoms with van der Waals surface area (Å²) in [6.07, 6.45) is -0.121. The minimum atomic E-state index is -0.954. The Labute approximate surface area is 79.7 Å². The van der Waals surface area contributed by atoms with Crippen molar-refractivity contribution in [2.24, 2.45) is 5.41 Å². The summed E-state index contributed by atoms with van der Waals surface area (Å²) in [4.78, 5) is 10.4. The van der Waals surface area contributed by atoms with Crippen molar-refractivity contribution >= 4 is 6.09 Å². The van der Waals surface area contributed by atoms with Crippen LogP contribution in [0.2, 0.25) is 0 Å². The molecular formula is C9H20N2O2. The zero-order chi connectivity index (χ0) is 10.5. The van der Waals surface area contributed by atoms with Crippen LogP contribution < -0.4 is 10.6 Å². The summed E-state index contributed by atoms with van der Waals surface area (Å²) in [6.45, 7) is 6.96. The highest BCUT2D eigenvalue weighted by Crippen LogP contribution is 2.20. The fourth-order valence-corrected chi connectivity index (χ4v) is 1.33. The Morgan fingerprint density at radius 1 is 1.46 bits per heavy atom. The molecule has 0 spiro atoms. The van der Waals surface area contributed by atoms with E-state index < -0.39 is 6.09 Å². The van der Waals surface area contributed by atoms with E-state index in [4.69, 9.17) is 5.11 Å². The Hall–Kier alpha value is -0.770. The SMILES string of the molecule is CNC[C@H](CC(C)(C)C)NC(=O)O. The smallest absolute Gasteiger partial charge is 0.404 e. The summed E-state index contributed by atoms with van der Waals surface area (Å²) in [5.74, 6) is 0. The van der Waals surface area contributed by atoms with Crippen LogP contribution in [0.3, 0.4) is 0 Å². The van der Waals surface area contributed by atoms with Gasteiger partial charge in [-0.3, -0.25) is 0 Å². The monoisotopic (exact) mass is 188 g/mol. The van der Waals surface area contributed by atoms with E-state index in [-0.39, 0.29) is 11.5 Å². The maximum Gasteiger partial charge on any atom is 0.404 e. The van der Waals surface area contributed by atoms with Crippen LogP contribution in [0.5, 0.6) is 0 Å². The normalized spacial score (nSPS) is 13.8. The molecule has 0 aliphatic rings. The maximum atomic E-state index is 10.4. The van der Waals surface area contributed by atoms with Crippen molar-refractivity contribution in [2.75, 3.05) is 13.6 Å². The van der Waals surface area contributed by atoms with E-state index in [1.54, 1.807) is 0 Å². The van der Waals surface area contributed by atoms with Crippen LogP contribution in [-0.2, 0) is 0 Å². The number of nitrogens with one attached hydrogen (secondary N) is 2. The highest BCUT2D eigenvalue weighted by molar-refractivity contribution is 5.64. The van der Waals surface area contributed by atoms with Crippen LogP contribution in [0.15, 0.2) is 0 Å². The Morgan fingerprint density at radius 2 is 2.00 bits per heavy atom. The zero-order valence-electron chi connectivity index (χ0n) is 8.85. The molecule has 0 aromatic heterocycles. The van der Waals surface area contributed by atoms with Crippen molar-refractivity contribution in [3.05, 3.63) is 0 Å². The van der Waals surface area contributed by atoms with E-state index >= 15 is 0 Å². The highest BCUT2D eigenvalue weighted by atomic mass is 16.4. The van der Waals surface area contributed by atoms with Gasteiger partial charge in [0.1, 0.15) is 0 Å². The van der Waals surface area contributed by atoms with Gasteiger partial charge >= 0.3 is 6.09 Å². The second-order valence-corrected chi connectivity index (χ2v) is 4.47. The summed E-state index contributed by atoms with van der Waals surface area (Å²) in [6, 6.07) is -0.0116. The van der Waals surface area contributed by atoms with Crippen molar-refractivity contribution < 1.29 is 9.90 Å². The topological polar surface area (TPSA) is 61.4 Å². The first kappa shape index (κ1) is 12.2. The lowest BCUT2D eigenvalue weighted by atomic mass is 9.88. The second kappa shape index (κ2) is 5.07. The lowest BCUT2D eigenvalue weighted by Gasteiger charge is -2.25. The van der Waals surface area contributed by atoms with Gasteiger partial charge in [0, 0.05) is 12.6 Å². The molecular weight excluding hydrogens is 168 g/mol. The van der Waals surface area contributed by atoms with E-state index in [0.717, 1.165) is 6.42 Å². The molecule has 0 heterocycles. The number of carbonyl (C=O) groups is 1. The van der Waals surface area contributed by atoms with Gasteiger partial charge in [-0.05, 0) is 18.9 Å². The molecule has 4 nitrogen and oxygen atoms in total. The Balaban J connectivity index is 4.01. The average molecular weight is 188 g/mol. The summed E-state index contributed by atoms with van der Waals surface area (Å²) in [5.41, 5.74) is 0.143. The molecule has 1 atom stereocenters. The molecule has 78 valence electrons. The first-order valence-electron chi connectivity index (χ1n) is 4.49. The molecule has 4 heteroatoms. The average Bonchev–Trinajstić information content (AvgIpc) is 1.81. The fourth-order valence-electron chi connectivity index (χ4n) is 1.33. The summed E-state index contributed by atoms with van der Waals surface area (Å²) in [7, 11) is 1.82. The number of amides is 1. The van der Waals surface area contributed by atoms with Crippen LogP contribution in [0, 0.1) is 5.41 Å². The molecule has 0 unspecified atom stereocenters. The first-order chi connectivity index (χ1) is 5.85. The van der Waals surface area contributed by atoms with Crippen LogP contribution in [0.4, 0.5) is 4.79 Å². The molecule has 13 heavy (non-hydrogen) atoms. The summed E-state index contributed by atoms with van der Waals surface area (Å²) in [5, 5.41) is 14.0. The van der Waals surface area contributed by atoms with Gasteiger partial charge in [0.15, 0.2) is 0 Å². The predicted molar refractivity (Wildman–Crippen MR) is 52.9 cm³/mol. The number of hydrogen-bond acceptors (Lipinski definition) is 2. The van der Waals surface area contributed by atoms with E-state index in [1.165, 1.54) is 0 Å². The van der Waals surface area contributed by atoms with Gasteiger partial charge in [-0.15, -0.1) is 0 Å². The fraction of sp³-hybridized carbons (Fsp3) is 0.889. The van der Waals surface area contributed by atoms with Gasteiger partial charge in [-0.25, -0.2) is 4.79 Å². The van der Waals surface area contributed by atoms with E-state index in [1.807, 2.05) is 7.05 Å². The van der Waals surface area contributed by atoms with E-state index in [0.29, 0.717) is 6.54 Å². The molecule has 3 N–H and O–H groups in total. The van der Waals surface area contributed by atoms with Crippen molar-refractivity contribution in [1.82, 2.24) is 10.6 Å². The lowest BCUT2D eigenvalue weighted by molar-refractivity contribution is 0.184. The second-order valence-electron chi connectivity index (χ2n) is 4.47. The van der Waals surface area contributed by atoms with E-state index in [9.17, 15) is 4.79 Å². The van der Waals surface area contributed by atoms with Crippen molar-refractivity contribution in [1.29, 1.82) is 0 Å². The molecule has 0 fully saturated rings. The number of likely N-dealkylation sites (N-methyl/N-ethyl adjacent to an activating group) is 1. The van der Waals surface area contributed by atoms with Crippen molar-refractivity contribution in [3.8, 4) is 0 Å². The molecule has 0 aliphatic heterocycles. The van der Waals surface area contributed by atoms with Gasteiger partial charge in [0.25, 0.3) is 0 Å². The molecule has 1 amide bonds. The number of carboxylic acid groups (broad SMARTS) is 1. The summed E-state index contributed by atoms with van der Waals surface area (Å²) >= 11 is 0. The molecule has 0 radical (unpaired) electrons. The Kier molecular flexibility index (Phi) is 4.77. The van der Waals surface area contributed by atoms with Crippen LogP contribution in [-0.4, -0.2) is 30.8 Å². The third-order valence-corrected chi connectivity index (χ3v) is 1.64. The minimum Gasteiger partial charge on any atom is -0.465 e. The van der Waals surface area contributed by atoms with Crippen LogP contribution >= 0.6 is 0 Å². The standard InChI is InChI=1S/C9H20N2O2/c1-9(2,3)5-7(6-10-4)11-8(12)13/h7,10-11H,5-6H2,1-4H3,(H,12,13)/t7-/m0/s1. The van der Waals surface area contributed by atoms with Gasteiger partial charge in [-0.1, -0.05) is 20.8 Å². The van der Waals surface area contributed by atoms with Crippen LogP contribution in [0.1, 0.15) is 27.2 Å².